The van der Waals surface area contributed by atoms with Gasteiger partial charge in [0, 0.05) is 48.4 Å². The number of benzene rings is 1. The van der Waals surface area contributed by atoms with E-state index >= 15 is 0 Å². The summed E-state index contributed by atoms with van der Waals surface area (Å²) in [7, 11) is 0. The molecule has 0 radical (unpaired) electrons. The van der Waals surface area contributed by atoms with Crippen molar-refractivity contribution in [1.82, 2.24) is 24.7 Å². The zero-order valence-corrected chi connectivity index (χ0v) is 20.3. The molecule has 0 saturated heterocycles. The van der Waals surface area contributed by atoms with Gasteiger partial charge in [-0.3, -0.25) is 9.78 Å². The number of hydrogen-bond acceptors (Lipinski definition) is 8. The van der Waals surface area contributed by atoms with Crippen LogP contribution in [0.15, 0.2) is 70.6 Å². The SMILES string of the molecule is Cc1ccc(NC(=O)c2cc(C(F)(F)F)ccn2)cc1-c1cc2cn/c(=N/c3ccno3)nc-2n2c1NCC2. The number of nitrogens with one attached hydrogen (secondary N) is 2. The van der Waals surface area contributed by atoms with E-state index in [1.54, 1.807) is 24.4 Å². The summed E-state index contributed by atoms with van der Waals surface area (Å²) in [5.41, 5.74) is 2.75. The van der Waals surface area contributed by atoms with E-state index in [4.69, 9.17) is 4.52 Å². The zero-order chi connectivity index (χ0) is 27.1. The molecule has 3 aliphatic rings. The lowest BCUT2D eigenvalue weighted by Gasteiger charge is -2.19. The van der Waals surface area contributed by atoms with Crippen LogP contribution in [0.4, 0.5) is 30.6 Å². The van der Waals surface area contributed by atoms with Crippen LogP contribution in [0.1, 0.15) is 21.6 Å². The Hall–Kier alpha value is -5.07. The normalized spacial score (nSPS) is 13.4. The zero-order valence-electron chi connectivity index (χ0n) is 20.3. The molecule has 196 valence electrons. The Bertz CT molecular complexity index is 1750. The summed E-state index contributed by atoms with van der Waals surface area (Å²) < 4.78 is 46.3. The summed E-state index contributed by atoms with van der Waals surface area (Å²) in [4.78, 5) is 29.7. The molecule has 10 nitrogen and oxygen atoms in total. The largest absolute Gasteiger partial charge is 0.416 e. The van der Waals surface area contributed by atoms with Gasteiger partial charge in [-0.1, -0.05) is 11.2 Å². The minimum Gasteiger partial charge on any atom is -0.369 e. The molecular formula is C26H19F3N8O2. The Morgan fingerprint density at radius 2 is 1.97 bits per heavy atom. The third-order valence-electron chi connectivity index (χ3n) is 6.23. The highest BCUT2D eigenvalue weighted by Gasteiger charge is 2.31. The molecular weight excluding hydrogens is 513 g/mol. The second-order valence-corrected chi connectivity index (χ2v) is 8.81. The molecule has 2 aromatic heterocycles. The van der Waals surface area contributed by atoms with E-state index in [1.807, 2.05) is 23.6 Å². The standard InChI is InChI=1S/C26H19F3N8O2/c1-14-2-3-17(34-24(38)20-11-16(4-6-30-20)26(27,28)29)12-18(14)19-10-15-13-32-25(35-21-5-7-33-39-21)36-22(15)37-9-8-31-23(19)37/h2-7,10-13,31H,8-9H2,1H3,(H,34,38)/b35-25-. The minimum absolute atomic E-state index is 0.234. The predicted molar refractivity (Wildman–Crippen MR) is 134 cm³/mol. The van der Waals surface area contributed by atoms with E-state index in [0.29, 0.717) is 30.5 Å². The molecule has 1 amide bonds. The number of pyridine rings is 2. The van der Waals surface area contributed by atoms with Crippen molar-refractivity contribution in [2.45, 2.75) is 19.6 Å². The van der Waals surface area contributed by atoms with Gasteiger partial charge >= 0.3 is 6.18 Å². The number of fused-ring (bicyclic) bond motifs is 3. The highest BCUT2D eigenvalue weighted by Crippen LogP contribution is 2.39. The molecule has 1 aromatic carbocycles. The summed E-state index contributed by atoms with van der Waals surface area (Å²) in [6.45, 7) is 3.28. The maximum atomic E-state index is 13.1. The van der Waals surface area contributed by atoms with Crippen molar-refractivity contribution in [2.24, 2.45) is 4.99 Å². The molecule has 39 heavy (non-hydrogen) atoms. The first-order valence-electron chi connectivity index (χ1n) is 11.8. The number of hydrogen-bond donors (Lipinski definition) is 2. The number of aryl methyl sites for hydroxylation is 1. The second-order valence-electron chi connectivity index (χ2n) is 8.81. The first-order valence-corrected chi connectivity index (χ1v) is 11.8. The monoisotopic (exact) mass is 532 g/mol. The van der Waals surface area contributed by atoms with Gasteiger partial charge in [-0.15, -0.1) is 0 Å². The maximum Gasteiger partial charge on any atom is 0.416 e. The third-order valence-corrected chi connectivity index (χ3v) is 6.23. The van der Waals surface area contributed by atoms with E-state index in [0.717, 1.165) is 46.4 Å². The van der Waals surface area contributed by atoms with Gasteiger partial charge in [0.15, 0.2) is 0 Å². The van der Waals surface area contributed by atoms with Gasteiger partial charge < -0.3 is 19.7 Å². The lowest BCUT2D eigenvalue weighted by molar-refractivity contribution is -0.137. The number of anilines is 2. The van der Waals surface area contributed by atoms with Crippen LogP contribution in [0.2, 0.25) is 0 Å². The van der Waals surface area contributed by atoms with E-state index < -0.39 is 17.6 Å². The molecule has 3 aromatic rings. The van der Waals surface area contributed by atoms with Crippen molar-refractivity contribution in [3.63, 3.8) is 0 Å². The highest BCUT2D eigenvalue weighted by molar-refractivity contribution is 6.03. The number of halogens is 3. The van der Waals surface area contributed by atoms with Crippen LogP contribution in [-0.2, 0) is 12.7 Å². The lowest BCUT2D eigenvalue weighted by atomic mass is 9.98. The van der Waals surface area contributed by atoms with Crippen LogP contribution >= 0.6 is 0 Å². The molecule has 13 heteroatoms. The lowest BCUT2D eigenvalue weighted by Crippen LogP contribution is -2.17. The van der Waals surface area contributed by atoms with Crippen molar-refractivity contribution in [2.75, 3.05) is 17.2 Å². The first-order chi connectivity index (χ1) is 18.8. The van der Waals surface area contributed by atoms with Gasteiger partial charge in [-0.2, -0.15) is 23.1 Å². The van der Waals surface area contributed by atoms with Gasteiger partial charge in [-0.05, 0) is 48.4 Å². The van der Waals surface area contributed by atoms with Crippen LogP contribution in [-0.4, -0.2) is 37.1 Å². The average Bonchev–Trinajstić information content (AvgIpc) is 3.62. The quantitative estimate of drug-likeness (QED) is 0.345. The molecule has 0 spiro atoms. The fraction of sp³-hybridized carbons (Fsp3) is 0.154. The summed E-state index contributed by atoms with van der Waals surface area (Å²) in [6, 6.07) is 10.4. The van der Waals surface area contributed by atoms with E-state index in [2.05, 4.69) is 35.7 Å². The molecule has 5 heterocycles. The molecule has 0 saturated carbocycles. The Morgan fingerprint density at radius 1 is 1.10 bits per heavy atom. The summed E-state index contributed by atoms with van der Waals surface area (Å²) in [5, 5.41) is 9.69. The van der Waals surface area contributed by atoms with Gasteiger partial charge in [-0.25, -0.2) is 4.98 Å². The Kier molecular flexibility index (Phi) is 5.82. The van der Waals surface area contributed by atoms with Crippen molar-refractivity contribution < 1.29 is 22.5 Å². The van der Waals surface area contributed by atoms with E-state index in [1.165, 1.54) is 6.20 Å². The van der Waals surface area contributed by atoms with Crippen LogP contribution < -0.4 is 16.3 Å². The number of carbonyl (C=O) groups excluding carboxylic acids is 1. The van der Waals surface area contributed by atoms with Crippen molar-refractivity contribution in [3.8, 4) is 22.5 Å². The van der Waals surface area contributed by atoms with Crippen molar-refractivity contribution in [3.05, 3.63) is 83.5 Å². The number of amides is 1. The van der Waals surface area contributed by atoms with Crippen molar-refractivity contribution >= 4 is 23.3 Å². The molecule has 6 rings (SSSR count). The fourth-order valence-corrected chi connectivity index (χ4v) is 4.40. The molecule has 0 aliphatic carbocycles. The Balaban J connectivity index is 1.38. The number of rotatable bonds is 4. The Labute approximate surface area is 218 Å². The van der Waals surface area contributed by atoms with Crippen LogP contribution in [0.25, 0.3) is 22.5 Å². The van der Waals surface area contributed by atoms with E-state index in [-0.39, 0.29) is 11.3 Å². The number of aromatic nitrogens is 5. The third kappa shape index (κ3) is 4.69. The summed E-state index contributed by atoms with van der Waals surface area (Å²) in [6.07, 6.45) is -0.457. The Morgan fingerprint density at radius 3 is 2.77 bits per heavy atom. The van der Waals surface area contributed by atoms with E-state index in [9.17, 15) is 18.0 Å². The molecule has 0 fully saturated rings. The summed E-state index contributed by atoms with van der Waals surface area (Å²) >= 11 is 0. The van der Waals surface area contributed by atoms with Crippen LogP contribution in [0.3, 0.4) is 0 Å². The predicted octanol–water partition coefficient (Wildman–Crippen LogP) is 4.67. The minimum atomic E-state index is -4.58. The van der Waals surface area contributed by atoms with Crippen LogP contribution in [0, 0.1) is 6.92 Å². The highest BCUT2D eigenvalue weighted by atomic mass is 19.4. The maximum absolute atomic E-state index is 13.1. The van der Waals surface area contributed by atoms with Crippen LogP contribution in [0.5, 0.6) is 0 Å². The fourth-order valence-electron chi connectivity index (χ4n) is 4.40. The smallest absolute Gasteiger partial charge is 0.369 e. The molecule has 3 aliphatic heterocycles. The summed E-state index contributed by atoms with van der Waals surface area (Å²) in [5.74, 6) is 1.06. The second kappa shape index (κ2) is 9.35. The number of nitrogens with zero attached hydrogens (tertiary/aromatic N) is 6. The van der Waals surface area contributed by atoms with Gasteiger partial charge in [0.05, 0.1) is 11.8 Å². The average molecular weight is 532 g/mol. The van der Waals surface area contributed by atoms with Gasteiger partial charge in [0.25, 0.3) is 17.4 Å². The first kappa shape index (κ1) is 24.3. The molecule has 0 bridgehead atoms. The van der Waals surface area contributed by atoms with Crippen molar-refractivity contribution in [1.29, 1.82) is 0 Å². The van der Waals surface area contributed by atoms with Gasteiger partial charge in [0.2, 0.25) is 0 Å². The number of carbonyl (C=O) groups is 1. The topological polar surface area (TPSA) is 123 Å². The molecule has 0 atom stereocenters. The molecule has 2 N–H and O–H groups in total. The number of alkyl halides is 3. The molecule has 0 unspecified atom stereocenters. The van der Waals surface area contributed by atoms with Gasteiger partial charge in [0.1, 0.15) is 17.3 Å².